The fourth-order valence-corrected chi connectivity index (χ4v) is 0. The summed E-state index contributed by atoms with van der Waals surface area (Å²) in [4.78, 5) is 9.37. The van der Waals surface area contributed by atoms with E-state index in [9.17, 15) is 4.79 Å². The first-order chi connectivity index (χ1) is 4.27. The summed E-state index contributed by atoms with van der Waals surface area (Å²) >= 11 is -5.25. The van der Waals surface area contributed by atoms with Crippen LogP contribution < -0.4 is 0 Å². The first-order valence-electron chi connectivity index (χ1n) is 2.19. The van der Waals surface area contributed by atoms with Crippen molar-refractivity contribution in [1.82, 2.24) is 0 Å². The molecule has 0 fully saturated rings. The number of hydrogen-bond acceptors (Lipinski definition) is 3. The molecule has 3 N–H and O–H groups in total. The average molecular weight is 192 g/mol. The predicted octanol–water partition coefficient (Wildman–Crippen LogP) is -0.873. The van der Waals surface area contributed by atoms with Gasteiger partial charge in [-0.2, -0.15) is 0 Å². The standard InChI is InChI=1S/C3H6O2.Cr.2H2O.2O/c1-2-3(4)5;;;;;/h2H2,1H3,(H,4,5);;2*1H2;;/q;+2;;;;/p-2. The molecule has 0 saturated heterocycles. The van der Waals surface area contributed by atoms with Crippen molar-refractivity contribution in [1.29, 1.82) is 0 Å². The molecule has 0 aromatic rings. The van der Waals surface area contributed by atoms with Gasteiger partial charge >= 0.3 is 35.5 Å². The van der Waals surface area contributed by atoms with Crippen LogP contribution in [0.15, 0.2) is 0 Å². The molecule has 0 atom stereocenters. The van der Waals surface area contributed by atoms with Gasteiger partial charge in [-0.05, 0) is 0 Å². The third-order valence-electron chi connectivity index (χ3n) is 0.302. The van der Waals surface area contributed by atoms with Crippen LogP contribution >= 0.6 is 0 Å². The number of carbonyl (C=O) groups is 1. The molecule has 0 aliphatic rings. The summed E-state index contributed by atoms with van der Waals surface area (Å²) < 4.78 is 31.9. The van der Waals surface area contributed by atoms with Crippen LogP contribution in [-0.4, -0.2) is 19.4 Å². The third kappa shape index (κ3) is 138. The zero-order valence-corrected chi connectivity index (χ0v) is 6.46. The van der Waals surface area contributed by atoms with Crippen molar-refractivity contribution in [3.8, 4) is 0 Å². The molecule has 7 heteroatoms. The summed E-state index contributed by atoms with van der Waals surface area (Å²) in [6.07, 6.45) is 0.222. The molecule has 0 aliphatic heterocycles. The molecule has 0 amide bonds. The maximum atomic E-state index is 9.37. The summed E-state index contributed by atoms with van der Waals surface area (Å²) in [5.74, 6) is -0.745. The van der Waals surface area contributed by atoms with E-state index in [1.54, 1.807) is 6.92 Å². The van der Waals surface area contributed by atoms with Crippen LogP contribution in [0.4, 0.5) is 0 Å². The third-order valence-corrected chi connectivity index (χ3v) is 0.302. The Morgan fingerprint density at radius 2 is 1.50 bits per heavy atom. The van der Waals surface area contributed by atoms with Crippen molar-refractivity contribution in [3.63, 3.8) is 0 Å². The van der Waals surface area contributed by atoms with Gasteiger partial charge in [0, 0.05) is 6.42 Å². The van der Waals surface area contributed by atoms with E-state index in [1.165, 1.54) is 0 Å². The van der Waals surface area contributed by atoms with Crippen molar-refractivity contribution < 1.29 is 39.4 Å². The van der Waals surface area contributed by atoms with Gasteiger partial charge in [-0.3, -0.25) is 4.79 Å². The Bertz CT molecular complexity index is 171. The fraction of sp³-hybridized carbons (Fsp3) is 0.667. The fourth-order valence-electron chi connectivity index (χ4n) is 0. The predicted molar refractivity (Wildman–Crippen MR) is 23.7 cm³/mol. The van der Waals surface area contributed by atoms with E-state index in [0.717, 1.165) is 0 Å². The summed E-state index contributed by atoms with van der Waals surface area (Å²) in [6, 6.07) is 0. The first-order valence-corrected chi connectivity index (χ1v) is 4.37. The molecule has 0 aliphatic carbocycles. The molecule has 10 heavy (non-hydrogen) atoms. The van der Waals surface area contributed by atoms with Crippen molar-refractivity contribution in [2.45, 2.75) is 13.3 Å². The second kappa shape index (κ2) is 5.32. The van der Waals surface area contributed by atoms with Gasteiger partial charge in [0.2, 0.25) is 0 Å². The first kappa shape index (κ1) is 12.2. The molecular formula is C3H8CrO6. The van der Waals surface area contributed by atoms with E-state index in [-0.39, 0.29) is 6.42 Å². The second-order valence-corrected chi connectivity index (χ2v) is 2.59. The summed E-state index contributed by atoms with van der Waals surface area (Å²) in [5, 5.41) is 7.72. The van der Waals surface area contributed by atoms with Crippen molar-refractivity contribution in [2.24, 2.45) is 0 Å². The average Bonchev–Trinajstić information content (AvgIpc) is 1.61. The molecule has 0 spiro atoms. The Labute approximate surface area is 59.5 Å². The molecule has 0 aromatic carbocycles. The zero-order chi connectivity index (χ0) is 8.78. The van der Waals surface area contributed by atoms with E-state index in [1.807, 2.05) is 0 Å². The van der Waals surface area contributed by atoms with E-state index in [2.05, 4.69) is 0 Å². The van der Waals surface area contributed by atoms with Crippen LogP contribution in [0.1, 0.15) is 13.3 Å². The number of rotatable bonds is 1. The summed E-state index contributed by atoms with van der Waals surface area (Å²) in [7, 11) is 0. The van der Waals surface area contributed by atoms with Gasteiger partial charge in [0.1, 0.15) is 0 Å². The van der Waals surface area contributed by atoms with Gasteiger partial charge in [0.25, 0.3) is 0 Å². The Morgan fingerprint density at radius 3 is 1.50 bits per heavy atom. The molecule has 0 unspecified atom stereocenters. The van der Waals surface area contributed by atoms with Crippen LogP contribution in [0.25, 0.3) is 0 Å². The number of carboxylic acid groups (broad SMARTS) is 1. The number of carboxylic acids is 1. The van der Waals surface area contributed by atoms with E-state index in [4.69, 9.17) is 21.0 Å². The Balaban J connectivity index is 0. The van der Waals surface area contributed by atoms with Crippen LogP contribution in [0, 0.1) is 0 Å². The molecule has 0 aromatic heterocycles. The second-order valence-electron chi connectivity index (χ2n) is 1.20. The topological polar surface area (TPSA) is 112 Å². The Kier molecular flexibility index (Phi) is 6.50. The van der Waals surface area contributed by atoms with Crippen molar-refractivity contribution in [3.05, 3.63) is 0 Å². The maximum absolute atomic E-state index is 9.37. The molecule has 6 nitrogen and oxygen atoms in total. The minimum absolute atomic E-state index is 0.222. The van der Waals surface area contributed by atoms with Gasteiger partial charge in [-0.25, -0.2) is 0 Å². The molecule has 0 heterocycles. The molecular weight excluding hydrogens is 184 g/mol. The van der Waals surface area contributed by atoms with E-state index >= 15 is 0 Å². The Hall–Kier alpha value is -0.478. The quantitative estimate of drug-likeness (QED) is 0.497. The molecule has 0 rings (SSSR count). The normalized spacial score (nSPS) is 9.50. The number of aliphatic carboxylic acids is 1. The molecule has 0 radical (unpaired) electrons. The van der Waals surface area contributed by atoms with Crippen molar-refractivity contribution in [2.75, 3.05) is 0 Å². The minimum atomic E-state index is -5.25. The van der Waals surface area contributed by atoms with Gasteiger partial charge in [-0.1, -0.05) is 6.92 Å². The number of hydrogen-bond donors (Lipinski definition) is 3. The van der Waals surface area contributed by atoms with Crippen LogP contribution in [0.5, 0.6) is 0 Å². The van der Waals surface area contributed by atoms with E-state index < -0.39 is 19.6 Å². The van der Waals surface area contributed by atoms with Gasteiger partial charge in [0.05, 0.1) is 0 Å². The van der Waals surface area contributed by atoms with Crippen LogP contribution in [0.2, 0.25) is 0 Å². The Morgan fingerprint density at radius 1 is 1.40 bits per heavy atom. The molecule has 62 valence electrons. The monoisotopic (exact) mass is 192 g/mol. The molecule has 0 saturated carbocycles. The van der Waals surface area contributed by atoms with Crippen LogP contribution in [0.3, 0.4) is 0 Å². The van der Waals surface area contributed by atoms with E-state index in [0.29, 0.717) is 0 Å². The zero-order valence-electron chi connectivity index (χ0n) is 5.18. The van der Waals surface area contributed by atoms with Crippen LogP contribution in [-0.2, 0) is 26.0 Å². The van der Waals surface area contributed by atoms with Gasteiger partial charge in [-0.15, -0.1) is 0 Å². The SMILES string of the molecule is CCC(=O)O.[O]=[Cr](=[O])([OH])[OH]. The van der Waals surface area contributed by atoms with Crippen molar-refractivity contribution >= 4 is 5.97 Å². The summed E-state index contributed by atoms with van der Waals surface area (Å²) in [6.45, 7) is 1.60. The van der Waals surface area contributed by atoms with Gasteiger partial charge in [0.15, 0.2) is 0 Å². The summed E-state index contributed by atoms with van der Waals surface area (Å²) in [5.41, 5.74) is 0. The molecule has 0 bridgehead atoms. The van der Waals surface area contributed by atoms with Gasteiger partial charge < -0.3 is 5.11 Å².